The van der Waals surface area contributed by atoms with Crippen molar-refractivity contribution in [2.75, 3.05) is 6.61 Å². The Morgan fingerprint density at radius 2 is 1.88 bits per heavy atom. The summed E-state index contributed by atoms with van der Waals surface area (Å²) in [5, 5.41) is 0.797. The van der Waals surface area contributed by atoms with E-state index in [9.17, 15) is 9.59 Å². The van der Waals surface area contributed by atoms with Crippen LogP contribution in [-0.4, -0.2) is 18.7 Å². The average Bonchev–Trinajstić information content (AvgIpc) is 2.66. The summed E-state index contributed by atoms with van der Waals surface area (Å²) in [4.78, 5) is 23.6. The highest BCUT2D eigenvalue weighted by Gasteiger charge is 2.11. The van der Waals surface area contributed by atoms with Gasteiger partial charge in [-0.25, -0.2) is 9.59 Å². The van der Waals surface area contributed by atoms with Crippen LogP contribution in [-0.2, 0) is 9.53 Å². The largest absolute Gasteiger partial charge is 0.482 e. The summed E-state index contributed by atoms with van der Waals surface area (Å²) in [5.41, 5.74) is 1.68. The second-order valence-corrected chi connectivity index (χ2v) is 6.00. The van der Waals surface area contributed by atoms with Gasteiger partial charge in [-0.05, 0) is 36.6 Å². The first-order valence-electron chi connectivity index (χ1n) is 8.52. The summed E-state index contributed by atoms with van der Waals surface area (Å²) < 4.78 is 15.9. The number of esters is 1. The Bertz CT molecular complexity index is 959. The van der Waals surface area contributed by atoms with E-state index in [1.807, 2.05) is 50.2 Å². The fraction of sp³-hybridized carbons (Fsp3) is 0.238. The minimum atomic E-state index is -0.440. The average molecular weight is 352 g/mol. The van der Waals surface area contributed by atoms with Crippen LogP contribution in [0.2, 0.25) is 0 Å². The molecule has 0 radical (unpaired) electrons. The van der Waals surface area contributed by atoms with Crippen molar-refractivity contribution in [3.05, 3.63) is 65.0 Å². The van der Waals surface area contributed by atoms with E-state index in [1.54, 1.807) is 12.1 Å². The molecule has 1 aromatic heterocycles. The zero-order valence-corrected chi connectivity index (χ0v) is 14.7. The number of benzene rings is 2. The molecule has 0 unspecified atom stereocenters. The SMILES string of the molecule is CC[C@H](C)OC(=O)COc1ccc2c(-c3ccccc3)cc(=O)oc2c1. The molecule has 0 spiro atoms. The summed E-state index contributed by atoms with van der Waals surface area (Å²) in [7, 11) is 0. The van der Waals surface area contributed by atoms with Crippen molar-refractivity contribution >= 4 is 16.9 Å². The Balaban J connectivity index is 1.86. The standard InChI is InChI=1S/C21H20O5/c1-3-14(2)25-21(23)13-24-16-9-10-17-18(15-7-5-4-6-8-15)12-20(22)26-19(17)11-16/h4-12,14H,3,13H2,1-2H3/t14-/m0/s1. The third-order valence-corrected chi connectivity index (χ3v) is 4.07. The number of fused-ring (bicyclic) bond motifs is 1. The van der Waals surface area contributed by atoms with Crippen LogP contribution in [0.25, 0.3) is 22.1 Å². The molecule has 0 amide bonds. The molecule has 0 saturated heterocycles. The molecular weight excluding hydrogens is 332 g/mol. The van der Waals surface area contributed by atoms with E-state index < -0.39 is 11.6 Å². The highest BCUT2D eigenvalue weighted by molar-refractivity contribution is 5.93. The molecule has 134 valence electrons. The van der Waals surface area contributed by atoms with Crippen molar-refractivity contribution in [1.29, 1.82) is 0 Å². The first kappa shape index (κ1) is 17.7. The Morgan fingerprint density at radius 1 is 1.12 bits per heavy atom. The first-order valence-corrected chi connectivity index (χ1v) is 8.52. The molecule has 0 aliphatic heterocycles. The first-order chi connectivity index (χ1) is 12.6. The lowest BCUT2D eigenvalue weighted by Gasteiger charge is -2.12. The summed E-state index contributed by atoms with van der Waals surface area (Å²) in [6.45, 7) is 3.57. The molecule has 5 nitrogen and oxygen atoms in total. The minimum Gasteiger partial charge on any atom is -0.482 e. The summed E-state index contributed by atoms with van der Waals surface area (Å²) in [6.07, 6.45) is 0.601. The normalized spacial score (nSPS) is 11.9. The third kappa shape index (κ3) is 4.11. The lowest BCUT2D eigenvalue weighted by Crippen LogP contribution is -2.20. The fourth-order valence-electron chi connectivity index (χ4n) is 2.57. The molecule has 3 rings (SSSR count). The number of carbonyl (C=O) groups is 1. The summed E-state index contributed by atoms with van der Waals surface area (Å²) in [5.74, 6) is 0.00546. The van der Waals surface area contributed by atoms with Gasteiger partial charge in [-0.2, -0.15) is 0 Å². The predicted octanol–water partition coefficient (Wildman–Crippen LogP) is 4.18. The van der Waals surface area contributed by atoms with Crippen molar-refractivity contribution in [3.63, 3.8) is 0 Å². The second kappa shape index (κ2) is 7.87. The Morgan fingerprint density at radius 3 is 2.62 bits per heavy atom. The van der Waals surface area contributed by atoms with Gasteiger partial charge in [0.1, 0.15) is 11.3 Å². The van der Waals surface area contributed by atoms with Crippen LogP contribution in [0.1, 0.15) is 20.3 Å². The predicted molar refractivity (Wildman–Crippen MR) is 99.3 cm³/mol. The van der Waals surface area contributed by atoms with Gasteiger partial charge in [0, 0.05) is 17.5 Å². The quantitative estimate of drug-likeness (QED) is 0.492. The van der Waals surface area contributed by atoms with Crippen LogP contribution in [0.15, 0.2) is 63.8 Å². The van der Waals surface area contributed by atoms with Gasteiger partial charge in [0.2, 0.25) is 0 Å². The van der Waals surface area contributed by atoms with Crippen LogP contribution < -0.4 is 10.4 Å². The zero-order valence-electron chi connectivity index (χ0n) is 14.7. The molecule has 1 atom stereocenters. The number of carbonyl (C=O) groups excluding carboxylic acids is 1. The molecule has 2 aromatic carbocycles. The van der Waals surface area contributed by atoms with Gasteiger partial charge in [-0.1, -0.05) is 37.3 Å². The number of ether oxygens (including phenoxy) is 2. The van der Waals surface area contributed by atoms with E-state index >= 15 is 0 Å². The van der Waals surface area contributed by atoms with Crippen molar-refractivity contribution < 1.29 is 18.7 Å². The van der Waals surface area contributed by atoms with Gasteiger partial charge < -0.3 is 13.9 Å². The van der Waals surface area contributed by atoms with Crippen LogP contribution in [0.4, 0.5) is 0 Å². The second-order valence-electron chi connectivity index (χ2n) is 6.00. The van der Waals surface area contributed by atoms with Crippen LogP contribution in [0.5, 0.6) is 5.75 Å². The lowest BCUT2D eigenvalue weighted by molar-refractivity contribution is -0.150. The summed E-state index contributed by atoms with van der Waals surface area (Å²) >= 11 is 0. The van der Waals surface area contributed by atoms with Crippen molar-refractivity contribution in [2.24, 2.45) is 0 Å². The molecular formula is C21H20O5. The molecule has 1 heterocycles. The number of hydrogen-bond donors (Lipinski definition) is 0. The van der Waals surface area contributed by atoms with Crippen LogP contribution in [0, 0.1) is 0 Å². The minimum absolute atomic E-state index is 0.144. The molecule has 0 bridgehead atoms. The molecule has 0 fully saturated rings. The molecule has 26 heavy (non-hydrogen) atoms. The topological polar surface area (TPSA) is 65.7 Å². The van der Waals surface area contributed by atoms with Crippen LogP contribution in [0.3, 0.4) is 0 Å². The van der Waals surface area contributed by atoms with Gasteiger partial charge in [-0.3, -0.25) is 0 Å². The number of rotatable bonds is 6. The Hall–Kier alpha value is -3.08. The van der Waals surface area contributed by atoms with E-state index in [0.717, 1.165) is 22.9 Å². The maximum absolute atomic E-state index is 11.9. The van der Waals surface area contributed by atoms with E-state index in [1.165, 1.54) is 6.07 Å². The fourth-order valence-corrected chi connectivity index (χ4v) is 2.57. The third-order valence-electron chi connectivity index (χ3n) is 4.07. The van der Waals surface area contributed by atoms with E-state index in [4.69, 9.17) is 13.9 Å². The monoisotopic (exact) mass is 352 g/mol. The van der Waals surface area contributed by atoms with E-state index in [-0.39, 0.29) is 12.7 Å². The van der Waals surface area contributed by atoms with Crippen molar-refractivity contribution in [2.45, 2.75) is 26.4 Å². The van der Waals surface area contributed by atoms with Gasteiger partial charge in [0.25, 0.3) is 0 Å². The van der Waals surface area contributed by atoms with Crippen molar-refractivity contribution in [1.82, 2.24) is 0 Å². The van der Waals surface area contributed by atoms with Crippen LogP contribution >= 0.6 is 0 Å². The molecule has 0 aliphatic rings. The molecule has 0 saturated carbocycles. The highest BCUT2D eigenvalue weighted by atomic mass is 16.6. The highest BCUT2D eigenvalue weighted by Crippen LogP contribution is 2.29. The maximum Gasteiger partial charge on any atom is 0.344 e. The van der Waals surface area contributed by atoms with Gasteiger partial charge in [0.15, 0.2) is 6.61 Å². The molecule has 5 heteroatoms. The van der Waals surface area contributed by atoms with Gasteiger partial charge in [-0.15, -0.1) is 0 Å². The summed E-state index contributed by atoms with van der Waals surface area (Å²) in [6, 6.07) is 16.3. The van der Waals surface area contributed by atoms with Crippen molar-refractivity contribution in [3.8, 4) is 16.9 Å². The molecule has 3 aromatic rings. The van der Waals surface area contributed by atoms with Gasteiger partial charge in [0.05, 0.1) is 6.10 Å². The smallest absolute Gasteiger partial charge is 0.344 e. The molecule has 0 N–H and O–H groups in total. The number of hydrogen-bond acceptors (Lipinski definition) is 5. The van der Waals surface area contributed by atoms with E-state index in [2.05, 4.69) is 0 Å². The zero-order chi connectivity index (χ0) is 18.5. The maximum atomic E-state index is 11.9. The Kier molecular flexibility index (Phi) is 5.37. The van der Waals surface area contributed by atoms with Gasteiger partial charge >= 0.3 is 11.6 Å². The lowest BCUT2D eigenvalue weighted by atomic mass is 10.0. The van der Waals surface area contributed by atoms with E-state index in [0.29, 0.717) is 11.3 Å². The Labute approximate surface area is 151 Å². The molecule has 0 aliphatic carbocycles.